The molecule has 3 rings (SSSR count). The molecule has 1 saturated carbocycles. The molecule has 0 radical (unpaired) electrons. The van der Waals surface area contributed by atoms with Crippen molar-refractivity contribution in [2.45, 2.75) is 24.7 Å². The number of furan rings is 1. The number of halogens is 1. The maximum Gasteiger partial charge on any atom is 0.304 e. The van der Waals surface area contributed by atoms with Crippen molar-refractivity contribution in [3.8, 4) is 0 Å². The standard InChI is InChI=1S/C13H11BrO3/c14-10-7-17-11-2-1-8(5-9(10)11)13(3-4-13)6-12(15)16/h1-2,5,7H,3-4,6H2,(H,15,16). The third-order valence-electron chi connectivity index (χ3n) is 3.48. The van der Waals surface area contributed by atoms with Gasteiger partial charge in [-0.1, -0.05) is 6.07 Å². The average Bonchev–Trinajstić information content (AvgIpc) is 2.97. The number of carboxylic acids is 1. The molecular weight excluding hydrogens is 284 g/mol. The number of carbonyl (C=O) groups is 1. The van der Waals surface area contributed by atoms with Gasteiger partial charge in [-0.3, -0.25) is 4.79 Å². The van der Waals surface area contributed by atoms with E-state index in [1.807, 2.05) is 18.2 Å². The van der Waals surface area contributed by atoms with Gasteiger partial charge in [-0.25, -0.2) is 0 Å². The van der Waals surface area contributed by atoms with Crippen LogP contribution in [-0.2, 0) is 10.2 Å². The quantitative estimate of drug-likeness (QED) is 0.939. The Morgan fingerprint density at radius 1 is 1.47 bits per heavy atom. The Bertz CT molecular complexity index is 596. The lowest BCUT2D eigenvalue weighted by atomic mass is 9.92. The third-order valence-corrected chi connectivity index (χ3v) is 4.10. The van der Waals surface area contributed by atoms with E-state index in [-0.39, 0.29) is 11.8 Å². The van der Waals surface area contributed by atoms with Gasteiger partial charge < -0.3 is 9.52 Å². The Balaban J connectivity index is 2.06. The minimum atomic E-state index is -0.728. The fourth-order valence-electron chi connectivity index (χ4n) is 2.34. The number of carboxylic acid groups (broad SMARTS) is 1. The number of rotatable bonds is 3. The normalized spacial score (nSPS) is 17.2. The van der Waals surface area contributed by atoms with Gasteiger partial charge in [0.05, 0.1) is 10.9 Å². The molecule has 0 aliphatic heterocycles. The summed E-state index contributed by atoms with van der Waals surface area (Å²) in [7, 11) is 0. The molecule has 4 heteroatoms. The van der Waals surface area contributed by atoms with E-state index in [0.29, 0.717) is 0 Å². The predicted octanol–water partition coefficient (Wildman–Crippen LogP) is 3.70. The van der Waals surface area contributed by atoms with Gasteiger partial charge in [-0.05, 0) is 46.5 Å². The largest absolute Gasteiger partial charge is 0.481 e. The Kier molecular flexibility index (Phi) is 2.30. The summed E-state index contributed by atoms with van der Waals surface area (Å²) in [4.78, 5) is 10.9. The zero-order valence-electron chi connectivity index (χ0n) is 9.07. The van der Waals surface area contributed by atoms with Crippen molar-refractivity contribution in [2.75, 3.05) is 0 Å². The van der Waals surface area contributed by atoms with Crippen molar-refractivity contribution in [1.82, 2.24) is 0 Å². The molecule has 1 aromatic heterocycles. The first-order chi connectivity index (χ1) is 8.11. The van der Waals surface area contributed by atoms with Crippen LogP contribution >= 0.6 is 15.9 Å². The lowest BCUT2D eigenvalue weighted by molar-refractivity contribution is -0.137. The van der Waals surface area contributed by atoms with E-state index in [9.17, 15) is 4.79 Å². The Labute approximate surface area is 107 Å². The van der Waals surface area contributed by atoms with Crippen molar-refractivity contribution >= 4 is 32.9 Å². The van der Waals surface area contributed by atoms with E-state index in [1.54, 1.807) is 6.26 Å². The van der Waals surface area contributed by atoms with Crippen LogP contribution in [0.25, 0.3) is 11.0 Å². The molecule has 1 N–H and O–H groups in total. The number of hydrogen-bond donors (Lipinski definition) is 1. The molecule has 0 saturated heterocycles. The first-order valence-corrected chi connectivity index (χ1v) is 6.29. The van der Waals surface area contributed by atoms with Gasteiger partial charge in [-0.2, -0.15) is 0 Å². The minimum Gasteiger partial charge on any atom is -0.481 e. The van der Waals surface area contributed by atoms with Gasteiger partial charge in [0.2, 0.25) is 0 Å². The van der Waals surface area contributed by atoms with Crippen LogP contribution in [-0.4, -0.2) is 11.1 Å². The van der Waals surface area contributed by atoms with Gasteiger partial charge in [0.25, 0.3) is 0 Å². The van der Waals surface area contributed by atoms with Crippen LogP contribution in [0.3, 0.4) is 0 Å². The maximum absolute atomic E-state index is 10.9. The minimum absolute atomic E-state index is 0.142. The molecular formula is C13H11BrO3. The average molecular weight is 295 g/mol. The van der Waals surface area contributed by atoms with E-state index < -0.39 is 5.97 Å². The van der Waals surface area contributed by atoms with E-state index in [0.717, 1.165) is 33.8 Å². The van der Waals surface area contributed by atoms with Crippen molar-refractivity contribution < 1.29 is 14.3 Å². The highest BCUT2D eigenvalue weighted by Gasteiger charge is 2.46. The van der Waals surface area contributed by atoms with Crippen LogP contribution in [0.5, 0.6) is 0 Å². The Morgan fingerprint density at radius 3 is 2.88 bits per heavy atom. The fourth-order valence-corrected chi connectivity index (χ4v) is 2.74. The first kappa shape index (κ1) is 10.8. The highest BCUT2D eigenvalue weighted by molar-refractivity contribution is 9.10. The summed E-state index contributed by atoms with van der Waals surface area (Å²) in [5.41, 5.74) is 1.79. The Morgan fingerprint density at radius 2 is 2.24 bits per heavy atom. The zero-order chi connectivity index (χ0) is 12.0. The lowest BCUT2D eigenvalue weighted by Gasteiger charge is -2.12. The molecule has 1 aromatic carbocycles. The zero-order valence-corrected chi connectivity index (χ0v) is 10.7. The fraction of sp³-hybridized carbons (Fsp3) is 0.308. The number of hydrogen-bond acceptors (Lipinski definition) is 2. The van der Waals surface area contributed by atoms with E-state index >= 15 is 0 Å². The molecule has 17 heavy (non-hydrogen) atoms. The summed E-state index contributed by atoms with van der Waals surface area (Å²) in [6.45, 7) is 0. The van der Waals surface area contributed by atoms with Crippen LogP contribution in [0.2, 0.25) is 0 Å². The molecule has 1 aliphatic carbocycles. The maximum atomic E-state index is 10.9. The van der Waals surface area contributed by atoms with Gasteiger partial charge in [0.1, 0.15) is 11.8 Å². The summed E-state index contributed by atoms with van der Waals surface area (Å²) in [6.07, 6.45) is 3.79. The topological polar surface area (TPSA) is 50.4 Å². The molecule has 1 fully saturated rings. The molecule has 0 unspecified atom stereocenters. The van der Waals surface area contributed by atoms with Crippen LogP contribution in [0.15, 0.2) is 33.4 Å². The molecule has 1 heterocycles. The summed E-state index contributed by atoms with van der Waals surface area (Å²) in [5, 5.41) is 9.96. The molecule has 1 aliphatic rings. The van der Waals surface area contributed by atoms with Gasteiger partial charge >= 0.3 is 5.97 Å². The summed E-state index contributed by atoms with van der Waals surface area (Å²) in [5.74, 6) is -0.728. The second-order valence-corrected chi connectivity index (χ2v) is 5.50. The van der Waals surface area contributed by atoms with Gasteiger partial charge in [-0.15, -0.1) is 0 Å². The van der Waals surface area contributed by atoms with Crippen molar-refractivity contribution in [3.63, 3.8) is 0 Å². The summed E-state index contributed by atoms with van der Waals surface area (Å²) < 4.78 is 6.27. The van der Waals surface area contributed by atoms with Gasteiger partial charge in [0, 0.05) is 10.8 Å². The van der Waals surface area contributed by atoms with Crippen LogP contribution in [0, 0.1) is 0 Å². The molecule has 0 amide bonds. The molecule has 0 bridgehead atoms. The first-order valence-electron chi connectivity index (χ1n) is 5.50. The molecule has 0 spiro atoms. The molecule has 88 valence electrons. The van der Waals surface area contributed by atoms with Crippen LogP contribution in [0.1, 0.15) is 24.8 Å². The third kappa shape index (κ3) is 1.76. The Hall–Kier alpha value is -1.29. The molecule has 0 atom stereocenters. The highest BCUT2D eigenvalue weighted by atomic mass is 79.9. The molecule has 2 aromatic rings. The van der Waals surface area contributed by atoms with Crippen LogP contribution in [0.4, 0.5) is 0 Å². The van der Waals surface area contributed by atoms with Crippen molar-refractivity contribution in [3.05, 3.63) is 34.5 Å². The van der Waals surface area contributed by atoms with E-state index in [4.69, 9.17) is 9.52 Å². The second-order valence-electron chi connectivity index (χ2n) is 4.65. The second kappa shape index (κ2) is 3.60. The van der Waals surface area contributed by atoms with Crippen LogP contribution < -0.4 is 0 Å². The van der Waals surface area contributed by atoms with Crippen molar-refractivity contribution in [2.24, 2.45) is 0 Å². The highest BCUT2D eigenvalue weighted by Crippen LogP contribution is 2.51. The van der Waals surface area contributed by atoms with E-state index in [1.165, 1.54) is 0 Å². The SMILES string of the molecule is O=C(O)CC1(c2ccc3occ(Br)c3c2)CC1. The summed E-state index contributed by atoms with van der Waals surface area (Å²) >= 11 is 3.43. The predicted molar refractivity (Wildman–Crippen MR) is 67.1 cm³/mol. The van der Waals surface area contributed by atoms with E-state index in [2.05, 4.69) is 15.9 Å². The number of fused-ring (bicyclic) bond motifs is 1. The lowest BCUT2D eigenvalue weighted by Crippen LogP contribution is -2.12. The van der Waals surface area contributed by atoms with Gasteiger partial charge in [0.15, 0.2) is 0 Å². The number of aliphatic carboxylic acids is 1. The molecule has 3 nitrogen and oxygen atoms in total. The summed E-state index contributed by atoms with van der Waals surface area (Å²) in [6, 6.07) is 5.93. The monoisotopic (exact) mass is 294 g/mol. The number of benzene rings is 1. The smallest absolute Gasteiger partial charge is 0.304 e. The van der Waals surface area contributed by atoms with Crippen molar-refractivity contribution in [1.29, 1.82) is 0 Å².